The maximum Gasteiger partial charge on any atom is 0.126 e. The van der Waals surface area contributed by atoms with Gasteiger partial charge in [-0.25, -0.2) is 9.97 Å². The average Bonchev–Trinajstić information content (AvgIpc) is 3.43. The second-order valence-electron chi connectivity index (χ2n) is 6.92. The SMILES string of the molecule is Cn1c(CN2CCOC[C@H]2c2ncc(-c3ccc(Cl)s3)[nH]2)nc2ccccc21. The van der Waals surface area contributed by atoms with Crippen LogP contribution in [0.15, 0.2) is 42.6 Å². The number of nitrogens with zero attached hydrogens (tertiary/aromatic N) is 4. The zero-order valence-corrected chi connectivity index (χ0v) is 17.0. The van der Waals surface area contributed by atoms with E-state index in [1.54, 1.807) is 11.3 Å². The molecule has 0 radical (unpaired) electrons. The quantitative estimate of drug-likeness (QED) is 0.543. The first-order chi connectivity index (χ1) is 13.7. The molecule has 1 N–H and O–H groups in total. The van der Waals surface area contributed by atoms with Crippen LogP contribution in [-0.2, 0) is 18.3 Å². The highest BCUT2D eigenvalue weighted by molar-refractivity contribution is 7.19. The zero-order valence-electron chi connectivity index (χ0n) is 15.4. The van der Waals surface area contributed by atoms with Crippen LogP contribution in [0.1, 0.15) is 17.7 Å². The number of fused-ring (bicyclic) bond motifs is 1. The molecule has 1 saturated heterocycles. The van der Waals surface area contributed by atoms with Crippen LogP contribution in [0, 0.1) is 0 Å². The zero-order chi connectivity index (χ0) is 19.1. The summed E-state index contributed by atoms with van der Waals surface area (Å²) in [6.45, 7) is 2.92. The van der Waals surface area contributed by atoms with Crippen LogP contribution in [0.2, 0.25) is 4.34 Å². The molecule has 4 heterocycles. The van der Waals surface area contributed by atoms with Gasteiger partial charge in [0, 0.05) is 13.6 Å². The number of morpholine rings is 1. The van der Waals surface area contributed by atoms with E-state index in [2.05, 4.69) is 38.6 Å². The lowest BCUT2D eigenvalue weighted by molar-refractivity contribution is -0.0170. The number of aromatic nitrogens is 4. The predicted octanol–water partition coefficient (Wildman–Crippen LogP) is 4.25. The Labute approximate surface area is 171 Å². The second-order valence-corrected chi connectivity index (χ2v) is 8.64. The van der Waals surface area contributed by atoms with Crippen molar-refractivity contribution in [3.8, 4) is 10.6 Å². The van der Waals surface area contributed by atoms with Crippen LogP contribution >= 0.6 is 22.9 Å². The van der Waals surface area contributed by atoms with Gasteiger partial charge in [0.25, 0.3) is 0 Å². The Balaban J connectivity index is 1.42. The molecule has 1 aromatic carbocycles. The van der Waals surface area contributed by atoms with E-state index in [-0.39, 0.29) is 6.04 Å². The first-order valence-electron chi connectivity index (χ1n) is 9.22. The molecule has 3 aromatic heterocycles. The maximum atomic E-state index is 6.07. The van der Waals surface area contributed by atoms with Crippen LogP contribution < -0.4 is 0 Å². The van der Waals surface area contributed by atoms with E-state index in [1.807, 2.05) is 30.5 Å². The fraction of sp³-hybridized carbons (Fsp3) is 0.300. The minimum absolute atomic E-state index is 0.0674. The molecule has 1 aliphatic heterocycles. The molecule has 1 fully saturated rings. The molecule has 1 atom stereocenters. The van der Waals surface area contributed by atoms with Gasteiger partial charge in [-0.1, -0.05) is 23.7 Å². The van der Waals surface area contributed by atoms with Gasteiger partial charge in [0.05, 0.1) is 57.9 Å². The van der Waals surface area contributed by atoms with E-state index in [0.29, 0.717) is 13.2 Å². The number of aryl methyl sites for hydroxylation is 1. The number of hydrogen-bond donors (Lipinski definition) is 1. The third-order valence-electron chi connectivity index (χ3n) is 5.21. The number of ether oxygens (including phenoxy) is 1. The van der Waals surface area contributed by atoms with E-state index in [1.165, 1.54) is 0 Å². The lowest BCUT2D eigenvalue weighted by Crippen LogP contribution is -2.40. The molecule has 0 amide bonds. The van der Waals surface area contributed by atoms with Crippen molar-refractivity contribution in [3.63, 3.8) is 0 Å². The van der Waals surface area contributed by atoms with Crippen molar-refractivity contribution in [3.05, 3.63) is 58.6 Å². The van der Waals surface area contributed by atoms with Crippen molar-refractivity contribution in [2.45, 2.75) is 12.6 Å². The van der Waals surface area contributed by atoms with Gasteiger partial charge in [-0.15, -0.1) is 11.3 Å². The molecule has 8 heteroatoms. The number of imidazole rings is 2. The molecule has 28 heavy (non-hydrogen) atoms. The van der Waals surface area contributed by atoms with Gasteiger partial charge in [0.1, 0.15) is 11.6 Å². The molecule has 144 valence electrons. The normalized spacial score (nSPS) is 18.1. The van der Waals surface area contributed by atoms with Crippen molar-refractivity contribution in [2.75, 3.05) is 19.8 Å². The molecule has 0 unspecified atom stereocenters. The lowest BCUT2D eigenvalue weighted by atomic mass is 10.2. The van der Waals surface area contributed by atoms with Gasteiger partial charge >= 0.3 is 0 Å². The monoisotopic (exact) mass is 413 g/mol. The highest BCUT2D eigenvalue weighted by Crippen LogP contribution is 2.32. The van der Waals surface area contributed by atoms with Gasteiger partial charge < -0.3 is 14.3 Å². The molecular weight excluding hydrogens is 394 g/mol. The molecule has 0 saturated carbocycles. The molecule has 0 spiro atoms. The minimum Gasteiger partial charge on any atom is -0.378 e. The van der Waals surface area contributed by atoms with Gasteiger partial charge in [0.2, 0.25) is 0 Å². The van der Waals surface area contributed by atoms with Crippen LogP contribution in [0.5, 0.6) is 0 Å². The number of para-hydroxylation sites is 2. The summed E-state index contributed by atoms with van der Waals surface area (Å²) in [6, 6.07) is 12.2. The fourth-order valence-electron chi connectivity index (χ4n) is 3.69. The maximum absolute atomic E-state index is 6.07. The van der Waals surface area contributed by atoms with E-state index in [0.717, 1.165) is 50.7 Å². The van der Waals surface area contributed by atoms with Crippen LogP contribution in [0.3, 0.4) is 0 Å². The Morgan fingerprint density at radius 2 is 2.18 bits per heavy atom. The highest BCUT2D eigenvalue weighted by Gasteiger charge is 2.28. The lowest BCUT2D eigenvalue weighted by Gasteiger charge is -2.34. The van der Waals surface area contributed by atoms with Crippen LogP contribution in [-0.4, -0.2) is 44.2 Å². The van der Waals surface area contributed by atoms with Crippen molar-refractivity contribution >= 4 is 34.0 Å². The van der Waals surface area contributed by atoms with Gasteiger partial charge in [-0.05, 0) is 24.3 Å². The van der Waals surface area contributed by atoms with Gasteiger partial charge in [-0.3, -0.25) is 4.90 Å². The van der Waals surface area contributed by atoms with Crippen molar-refractivity contribution in [1.82, 2.24) is 24.4 Å². The number of halogens is 1. The first kappa shape index (κ1) is 17.9. The number of hydrogen-bond acceptors (Lipinski definition) is 5. The van der Waals surface area contributed by atoms with Crippen molar-refractivity contribution in [1.29, 1.82) is 0 Å². The smallest absolute Gasteiger partial charge is 0.126 e. The number of H-pyrrole nitrogens is 1. The third-order valence-corrected chi connectivity index (χ3v) is 6.48. The summed E-state index contributed by atoms with van der Waals surface area (Å²) in [7, 11) is 2.08. The van der Waals surface area contributed by atoms with E-state index in [9.17, 15) is 0 Å². The molecule has 0 bridgehead atoms. The van der Waals surface area contributed by atoms with Crippen molar-refractivity contribution in [2.24, 2.45) is 7.05 Å². The molecule has 1 aliphatic rings. The Morgan fingerprint density at radius 3 is 3.00 bits per heavy atom. The van der Waals surface area contributed by atoms with E-state index in [4.69, 9.17) is 21.3 Å². The fourth-order valence-corrected chi connectivity index (χ4v) is 4.70. The second kappa shape index (κ2) is 7.33. The molecule has 0 aliphatic carbocycles. The highest BCUT2D eigenvalue weighted by atomic mass is 35.5. The summed E-state index contributed by atoms with van der Waals surface area (Å²) < 4.78 is 8.71. The molecule has 4 aromatic rings. The topological polar surface area (TPSA) is 59.0 Å². The Bertz CT molecular complexity index is 1120. The summed E-state index contributed by atoms with van der Waals surface area (Å²) in [5, 5.41) is 0. The summed E-state index contributed by atoms with van der Waals surface area (Å²) in [5.41, 5.74) is 3.16. The van der Waals surface area contributed by atoms with Gasteiger partial charge in [0.15, 0.2) is 0 Å². The Kier molecular flexibility index (Phi) is 4.68. The Morgan fingerprint density at radius 1 is 1.29 bits per heavy atom. The summed E-state index contributed by atoms with van der Waals surface area (Å²) in [5.74, 6) is 1.96. The number of rotatable bonds is 4. The standard InChI is InChI=1S/C20H20ClN5OS/c1-25-15-5-3-2-4-13(15)23-19(25)11-26-8-9-27-12-16(26)20-22-10-14(24-20)17-6-7-18(21)28-17/h2-7,10,16H,8-9,11-12H2,1H3,(H,22,24)/t16-/m0/s1. The largest absolute Gasteiger partial charge is 0.378 e. The molecule has 5 rings (SSSR count). The first-order valence-corrected chi connectivity index (χ1v) is 10.4. The molecular formula is C20H20ClN5OS. The summed E-state index contributed by atoms with van der Waals surface area (Å²) >= 11 is 7.62. The number of thiophene rings is 1. The predicted molar refractivity (Wildman–Crippen MR) is 112 cm³/mol. The number of benzene rings is 1. The summed E-state index contributed by atoms with van der Waals surface area (Å²) in [4.78, 5) is 16.4. The number of nitrogens with one attached hydrogen (secondary N) is 1. The van der Waals surface area contributed by atoms with Crippen LogP contribution in [0.4, 0.5) is 0 Å². The van der Waals surface area contributed by atoms with E-state index >= 15 is 0 Å². The summed E-state index contributed by atoms with van der Waals surface area (Å²) in [6.07, 6.45) is 1.87. The van der Waals surface area contributed by atoms with Crippen LogP contribution in [0.25, 0.3) is 21.6 Å². The van der Waals surface area contributed by atoms with Crippen molar-refractivity contribution < 1.29 is 4.74 Å². The molecule has 6 nitrogen and oxygen atoms in total. The minimum atomic E-state index is 0.0674. The third kappa shape index (κ3) is 3.24. The average molecular weight is 414 g/mol. The van der Waals surface area contributed by atoms with Gasteiger partial charge in [-0.2, -0.15) is 0 Å². The Hall–Kier alpha value is -2.19. The number of aromatic amines is 1. The van der Waals surface area contributed by atoms with E-state index < -0.39 is 0 Å².